The second-order valence-corrected chi connectivity index (χ2v) is 12.9. The first kappa shape index (κ1) is 32.0. The molecule has 4 heterocycles. The molecule has 2 aliphatic heterocycles. The van der Waals surface area contributed by atoms with Crippen LogP contribution in [0.1, 0.15) is 99.0 Å². The summed E-state index contributed by atoms with van der Waals surface area (Å²) in [4.78, 5) is 31.6. The van der Waals surface area contributed by atoms with Crippen LogP contribution < -0.4 is 0 Å². The maximum absolute atomic E-state index is 14.7. The first-order valence-corrected chi connectivity index (χ1v) is 15.3. The largest absolute Gasteiger partial charge is 0.466 e. The van der Waals surface area contributed by atoms with Gasteiger partial charge in [-0.2, -0.15) is 18.3 Å². The first-order chi connectivity index (χ1) is 20.3. The number of pyridine rings is 1. The first-order valence-electron chi connectivity index (χ1n) is 14.5. The molecule has 1 N–H and O–H groups in total. The fourth-order valence-electron chi connectivity index (χ4n) is 6.75. The lowest BCUT2D eigenvalue weighted by Gasteiger charge is -2.36. The van der Waals surface area contributed by atoms with Gasteiger partial charge in [0, 0.05) is 18.0 Å². The number of hydrogen-bond donors (Lipinski definition) is 1. The second-order valence-electron chi connectivity index (χ2n) is 12.1. The summed E-state index contributed by atoms with van der Waals surface area (Å²) in [5, 5.41) is 15.4. The number of hydrogen-bond acceptors (Lipinski definition) is 7. The minimum absolute atomic E-state index is 0.0104. The molecule has 2 saturated heterocycles. The van der Waals surface area contributed by atoms with Crippen molar-refractivity contribution in [3.8, 4) is 0 Å². The Kier molecular flexibility index (Phi) is 9.06. The molecule has 1 unspecified atom stereocenters. The average molecular weight is 648 g/mol. The lowest BCUT2D eigenvalue weighted by Crippen LogP contribution is -2.46. The minimum atomic E-state index is -4.90. The third kappa shape index (κ3) is 6.39. The second kappa shape index (κ2) is 12.2. The number of alkyl halides is 3. The summed E-state index contributed by atoms with van der Waals surface area (Å²) < 4.78 is 56.2. The van der Waals surface area contributed by atoms with E-state index in [-0.39, 0.29) is 60.2 Å². The SMILES string of the molecule is CCOC(=O)[C@]1(C)CC[C@@H](n2ncc(C(=O)N(CC(O)c3c(Cl)cncc3Cl)C[C@]34CC[C@H](CC3)O4)c2C(F)(F)F)CC1. The van der Waals surface area contributed by atoms with Gasteiger partial charge in [0.1, 0.15) is 0 Å². The predicted octanol–water partition coefficient (Wildman–Crippen LogP) is 6.18. The van der Waals surface area contributed by atoms with Gasteiger partial charge >= 0.3 is 12.1 Å². The molecule has 0 aromatic carbocycles. The van der Waals surface area contributed by atoms with Gasteiger partial charge in [0.05, 0.1) is 70.8 Å². The Morgan fingerprint density at radius 1 is 1.14 bits per heavy atom. The van der Waals surface area contributed by atoms with Crippen molar-refractivity contribution in [2.24, 2.45) is 5.41 Å². The summed E-state index contributed by atoms with van der Waals surface area (Å²) >= 11 is 12.5. The van der Waals surface area contributed by atoms with Crippen LogP contribution in [0.15, 0.2) is 18.6 Å². The van der Waals surface area contributed by atoms with E-state index in [2.05, 4.69) is 10.1 Å². The van der Waals surface area contributed by atoms with Gasteiger partial charge in [-0.15, -0.1) is 0 Å². The van der Waals surface area contributed by atoms with Gasteiger partial charge < -0.3 is 19.5 Å². The summed E-state index contributed by atoms with van der Waals surface area (Å²) in [5.41, 5.74) is -3.14. The Labute approximate surface area is 257 Å². The fourth-order valence-corrected chi connectivity index (χ4v) is 7.37. The smallest absolute Gasteiger partial charge is 0.433 e. The van der Waals surface area contributed by atoms with Crippen molar-refractivity contribution < 1.29 is 37.3 Å². The number of fused-ring (bicyclic) bond motifs is 2. The molecule has 3 fully saturated rings. The highest BCUT2D eigenvalue weighted by atomic mass is 35.5. The highest BCUT2D eigenvalue weighted by molar-refractivity contribution is 6.35. The van der Waals surface area contributed by atoms with Gasteiger partial charge in [-0.25, -0.2) is 0 Å². The Hall–Kier alpha value is -2.41. The van der Waals surface area contributed by atoms with E-state index in [0.717, 1.165) is 23.7 Å². The van der Waals surface area contributed by atoms with Gasteiger partial charge in [-0.1, -0.05) is 23.2 Å². The quantitative estimate of drug-likeness (QED) is 0.324. The van der Waals surface area contributed by atoms with Crippen molar-refractivity contribution in [1.29, 1.82) is 0 Å². The van der Waals surface area contributed by atoms with E-state index < -0.39 is 46.5 Å². The third-order valence-corrected chi connectivity index (χ3v) is 9.71. The number of carbonyl (C=O) groups excluding carboxylic acids is 2. The van der Waals surface area contributed by atoms with Crippen LogP contribution in [-0.4, -0.2) is 68.0 Å². The van der Waals surface area contributed by atoms with Crippen LogP contribution in [0.2, 0.25) is 10.0 Å². The number of esters is 1. The van der Waals surface area contributed by atoms with E-state index in [1.54, 1.807) is 13.8 Å². The molecule has 43 heavy (non-hydrogen) atoms. The zero-order valence-electron chi connectivity index (χ0n) is 24.0. The van der Waals surface area contributed by atoms with E-state index in [4.69, 9.17) is 32.7 Å². The molecule has 1 aliphatic carbocycles. The Balaban J connectivity index is 1.45. The van der Waals surface area contributed by atoms with Gasteiger partial charge in [0.15, 0.2) is 5.69 Å². The molecule has 9 nitrogen and oxygen atoms in total. The molecule has 2 aromatic rings. The Morgan fingerprint density at radius 2 is 1.77 bits per heavy atom. The number of aliphatic hydroxyl groups excluding tert-OH is 1. The van der Waals surface area contributed by atoms with Crippen LogP contribution in [0.25, 0.3) is 0 Å². The maximum atomic E-state index is 14.7. The minimum Gasteiger partial charge on any atom is -0.466 e. The molecule has 2 aromatic heterocycles. The van der Waals surface area contributed by atoms with Crippen LogP contribution in [0.4, 0.5) is 13.2 Å². The van der Waals surface area contributed by atoms with E-state index >= 15 is 0 Å². The van der Waals surface area contributed by atoms with E-state index in [1.165, 1.54) is 17.3 Å². The number of carbonyl (C=O) groups is 2. The highest BCUT2D eigenvalue weighted by Gasteiger charge is 2.50. The van der Waals surface area contributed by atoms with Crippen LogP contribution in [0.5, 0.6) is 0 Å². The molecule has 3 aliphatic rings. The van der Waals surface area contributed by atoms with Crippen molar-refractivity contribution >= 4 is 35.1 Å². The summed E-state index contributed by atoms with van der Waals surface area (Å²) in [6.45, 7) is 3.30. The van der Waals surface area contributed by atoms with Crippen molar-refractivity contribution in [3.05, 3.63) is 45.5 Å². The van der Waals surface area contributed by atoms with E-state index in [0.29, 0.717) is 25.7 Å². The number of nitrogens with zero attached hydrogens (tertiary/aromatic N) is 4. The van der Waals surface area contributed by atoms with E-state index in [1.807, 2.05) is 0 Å². The van der Waals surface area contributed by atoms with Crippen molar-refractivity contribution in [3.63, 3.8) is 0 Å². The van der Waals surface area contributed by atoms with Gasteiger partial charge in [-0.05, 0) is 65.2 Å². The van der Waals surface area contributed by atoms with Crippen LogP contribution in [0.3, 0.4) is 0 Å². The lowest BCUT2D eigenvalue weighted by atomic mass is 9.74. The molecule has 0 radical (unpaired) electrons. The fraction of sp³-hybridized carbons (Fsp3) is 0.655. The number of halogens is 5. The summed E-state index contributed by atoms with van der Waals surface area (Å²) in [6, 6.07) is -0.665. The Morgan fingerprint density at radius 3 is 2.30 bits per heavy atom. The summed E-state index contributed by atoms with van der Waals surface area (Å²) in [6.07, 6.45) is 1.35. The number of aromatic nitrogens is 3. The number of rotatable bonds is 9. The maximum Gasteiger partial charge on any atom is 0.433 e. The number of amides is 1. The standard InChI is InChI=1S/C29H35Cl2F3N4O5/c1-3-42-26(41)27(2)8-4-17(5-9-27)38-24(29(32,33)34)19(12-36-38)25(40)37(16-28-10-6-18(43-28)7-11-28)15-22(39)23-20(30)13-35-14-21(23)31/h12-14,17-18,22,39H,3-11,15-16H2,1-2H3/t17-,18-,22?,27-,28+. The lowest BCUT2D eigenvalue weighted by molar-refractivity contribution is -0.157. The number of aliphatic hydroxyl groups is 1. The third-order valence-electron chi connectivity index (χ3n) is 9.11. The van der Waals surface area contributed by atoms with Gasteiger partial charge in [0.2, 0.25) is 0 Å². The predicted molar refractivity (Wildman–Crippen MR) is 151 cm³/mol. The molecule has 5 rings (SSSR count). The van der Waals surface area contributed by atoms with Crippen LogP contribution in [-0.2, 0) is 20.4 Å². The van der Waals surface area contributed by atoms with Gasteiger partial charge in [0.25, 0.3) is 5.91 Å². The summed E-state index contributed by atoms with van der Waals surface area (Å²) in [5.74, 6) is -1.30. The zero-order chi connectivity index (χ0) is 31.2. The summed E-state index contributed by atoms with van der Waals surface area (Å²) in [7, 11) is 0. The molecule has 2 bridgehead atoms. The molecular formula is C29H35Cl2F3N4O5. The monoisotopic (exact) mass is 646 g/mol. The molecule has 236 valence electrons. The molecule has 0 spiro atoms. The highest BCUT2D eigenvalue weighted by Crippen LogP contribution is 2.46. The molecule has 14 heteroatoms. The number of ether oxygens (including phenoxy) is 2. The normalized spacial score (nSPS) is 27.7. The molecular weight excluding hydrogens is 612 g/mol. The van der Waals surface area contributed by atoms with Crippen molar-refractivity contribution in [2.75, 3.05) is 19.7 Å². The van der Waals surface area contributed by atoms with Crippen LogP contribution in [0, 0.1) is 5.41 Å². The van der Waals surface area contributed by atoms with E-state index in [9.17, 15) is 27.9 Å². The van der Waals surface area contributed by atoms with Crippen molar-refractivity contribution in [2.45, 2.75) is 95.2 Å². The average Bonchev–Trinajstić information content (AvgIpc) is 3.67. The van der Waals surface area contributed by atoms with Gasteiger partial charge in [-0.3, -0.25) is 19.3 Å². The van der Waals surface area contributed by atoms with Crippen molar-refractivity contribution in [1.82, 2.24) is 19.7 Å². The topological polar surface area (TPSA) is 107 Å². The molecule has 1 saturated carbocycles. The zero-order valence-corrected chi connectivity index (χ0v) is 25.5. The Bertz CT molecular complexity index is 1330. The molecule has 1 atom stereocenters. The molecule has 1 amide bonds. The van der Waals surface area contributed by atoms with Crippen LogP contribution >= 0.6 is 23.2 Å².